The minimum atomic E-state index is -0.480. The predicted molar refractivity (Wildman–Crippen MR) is 257 cm³/mol. The molecule has 0 spiro atoms. The second-order valence-electron chi connectivity index (χ2n) is 14.2. The largest absolute Gasteiger partial charge is 0.384 e. The maximum absolute atomic E-state index is 14.1. The van der Waals surface area contributed by atoms with E-state index in [-0.39, 0.29) is 83.7 Å². The number of nitrogens with one attached hydrogen (secondary N) is 1. The summed E-state index contributed by atoms with van der Waals surface area (Å²) in [5, 5.41) is 20.7. The van der Waals surface area contributed by atoms with Crippen molar-refractivity contribution >= 4 is 96.4 Å². The molecule has 0 unspecified atom stereocenters. The number of benzene rings is 2. The van der Waals surface area contributed by atoms with E-state index in [1.165, 1.54) is 32.4 Å². The van der Waals surface area contributed by atoms with Crippen LogP contribution in [-0.2, 0) is 28.2 Å². The second-order valence-corrected chi connectivity index (χ2v) is 16.6. The number of nitrogens with zero attached hydrogens (tertiary/aromatic N) is 11. The van der Waals surface area contributed by atoms with Crippen molar-refractivity contribution in [2.24, 2.45) is 10.7 Å². The van der Waals surface area contributed by atoms with Crippen molar-refractivity contribution in [1.29, 1.82) is 5.41 Å². The molecule has 0 saturated carbocycles. The molecular formula is C41H54Br2Cl3F2N13O3V. The van der Waals surface area contributed by atoms with E-state index >= 15 is 0 Å². The number of nitrogens with two attached hydrogens (primary N) is 1. The Morgan fingerprint density at radius 1 is 0.862 bits per heavy atom. The van der Waals surface area contributed by atoms with Crippen molar-refractivity contribution in [2.75, 3.05) is 25.9 Å². The Morgan fingerprint density at radius 3 is 1.85 bits per heavy atom. The van der Waals surface area contributed by atoms with Crippen molar-refractivity contribution in [3.05, 3.63) is 110 Å². The third-order valence-electron chi connectivity index (χ3n) is 8.15. The Kier molecular flexibility index (Phi) is 27.9. The van der Waals surface area contributed by atoms with Crippen LogP contribution >= 0.6 is 67.5 Å². The van der Waals surface area contributed by atoms with E-state index in [9.17, 15) is 18.4 Å². The quantitative estimate of drug-likeness (QED) is 0.0446. The number of hydrogen-bond donors (Lipinski definition) is 2. The van der Waals surface area contributed by atoms with Gasteiger partial charge >= 0.3 is 0 Å². The Hall–Kier alpha value is -3.89. The summed E-state index contributed by atoms with van der Waals surface area (Å²) >= 11 is 17.0. The van der Waals surface area contributed by atoms with Crippen LogP contribution in [0.15, 0.2) is 62.7 Å². The van der Waals surface area contributed by atoms with Crippen molar-refractivity contribution in [3.8, 4) is 0 Å². The van der Waals surface area contributed by atoms with Gasteiger partial charge in [0.25, 0.3) is 5.91 Å². The molecular weight excluding hydrogens is 1080 g/mol. The first kappa shape index (κ1) is 61.1. The standard InChI is InChI=1S/C16H16BrFN4.C8H12ClN3O.C7H6BrFN2.C6H11N3.C4H8ClNO2.ClH.V/c1-9(2)22-16(19-10(3)21-22)15-7-6-14(20-15)12-5-4-11(17)8-13(12)18;1-5(2)12-8(7(13)4-9)10-6(3)11-12;8-4-1-2-5(7(10)11)6(9)3-4;1-5(2)9-4-7-6(3)8-9;1-6(8-2)4(7)3-5;;/h4-5,7-9H,6H2,1-3H3;5H,4H2,1-3H3;1-3H,(H3,10,11);4-5H,1-3H3;3H2,1-2H3;1H;. The van der Waals surface area contributed by atoms with Crippen LogP contribution < -0.4 is 5.73 Å². The molecule has 0 fully saturated rings. The maximum atomic E-state index is 14.1. The number of carbonyl (C=O) groups excluding carboxylic acids is 2. The molecule has 65 heavy (non-hydrogen) atoms. The molecule has 1 aliphatic heterocycles. The van der Waals surface area contributed by atoms with E-state index in [4.69, 9.17) is 34.3 Å². The van der Waals surface area contributed by atoms with Gasteiger partial charge in [0.2, 0.25) is 5.78 Å². The van der Waals surface area contributed by atoms with Crippen LogP contribution in [0.25, 0.3) is 5.70 Å². The summed E-state index contributed by atoms with van der Waals surface area (Å²) in [6, 6.07) is 10.1. The number of alkyl halides is 2. The fraction of sp³-hybridized carbons (Fsp3) is 0.415. The van der Waals surface area contributed by atoms with Crippen molar-refractivity contribution in [3.63, 3.8) is 0 Å². The van der Waals surface area contributed by atoms with E-state index in [0.717, 1.165) is 32.6 Å². The van der Waals surface area contributed by atoms with E-state index in [0.29, 0.717) is 40.0 Å². The molecule has 0 bridgehead atoms. The molecule has 1 aliphatic rings. The maximum Gasteiger partial charge on any atom is 0.260 e. The first-order chi connectivity index (χ1) is 29.5. The molecule has 1 radical (unpaired) electrons. The normalized spacial score (nSPS) is 11.3. The Bertz CT molecular complexity index is 2390. The number of carbonyl (C=O) groups is 2. The van der Waals surface area contributed by atoms with Gasteiger partial charge in [0.05, 0.1) is 24.3 Å². The Morgan fingerprint density at radius 2 is 1.42 bits per heavy atom. The molecule has 3 aromatic heterocycles. The molecule has 5 aromatic rings. The smallest absolute Gasteiger partial charge is 0.260 e. The van der Waals surface area contributed by atoms with Gasteiger partial charge in [0.1, 0.15) is 52.8 Å². The SMILES string of the molecule is CON(C)C(=O)CCl.Cc1nc(C(=O)CCl)n(C(C)C)n1.Cc1nc(C2=CCC(c3ccc(Br)cc3F)=N2)n(C(C)C)n1.Cc1ncn(C(C)C)n1.Cl.N=C(N)c1ccc(Br)cc1F.[V]. The number of rotatable bonds is 10. The van der Waals surface area contributed by atoms with Crippen LogP contribution in [-0.4, -0.2) is 98.5 Å². The first-order valence-electron chi connectivity index (χ1n) is 19.3. The van der Waals surface area contributed by atoms with Gasteiger partial charge in [-0.15, -0.1) is 35.6 Å². The van der Waals surface area contributed by atoms with E-state index < -0.39 is 5.82 Å². The molecule has 3 N–H and O–H groups in total. The summed E-state index contributed by atoms with van der Waals surface area (Å²) in [7, 11) is 2.91. The number of ketones is 1. The topological polar surface area (TPSA) is 201 Å². The monoisotopic (exact) mass is 1130 g/mol. The molecule has 4 heterocycles. The second kappa shape index (κ2) is 29.7. The summed E-state index contributed by atoms with van der Waals surface area (Å²) < 4.78 is 33.6. The van der Waals surface area contributed by atoms with E-state index in [1.54, 1.807) is 30.1 Å². The van der Waals surface area contributed by atoms with Crippen molar-refractivity contribution in [1.82, 2.24) is 49.4 Å². The van der Waals surface area contributed by atoms with Gasteiger partial charge in [-0.1, -0.05) is 31.9 Å². The number of hydroxylamine groups is 2. The van der Waals surface area contributed by atoms with Crippen molar-refractivity contribution < 1.29 is 41.8 Å². The number of aliphatic imine (C=N–C) groups is 1. The van der Waals surface area contributed by atoms with Crippen LogP contribution in [0, 0.1) is 37.8 Å². The fourth-order valence-electron chi connectivity index (χ4n) is 4.97. The van der Waals surface area contributed by atoms with Crippen LogP contribution in [0.1, 0.15) is 111 Å². The van der Waals surface area contributed by atoms with Gasteiger partial charge in [-0.2, -0.15) is 15.3 Å². The number of aryl methyl sites for hydroxylation is 3. The van der Waals surface area contributed by atoms with Gasteiger partial charge in [0.15, 0.2) is 11.6 Å². The molecule has 0 atom stereocenters. The Labute approximate surface area is 423 Å². The number of hydrogen-bond acceptors (Lipinski definition) is 11. The van der Waals surface area contributed by atoms with E-state index in [2.05, 4.69) is 85.8 Å². The first-order valence-corrected chi connectivity index (χ1v) is 21.9. The molecule has 0 aliphatic carbocycles. The van der Waals surface area contributed by atoms with Gasteiger partial charge in [-0.05, 0) is 105 Å². The zero-order chi connectivity index (χ0) is 47.7. The summed E-state index contributed by atoms with van der Waals surface area (Å²) in [6.07, 6.45) is 4.32. The summed E-state index contributed by atoms with van der Waals surface area (Å²) in [4.78, 5) is 43.2. The zero-order valence-corrected chi connectivity index (χ0v) is 44.7. The van der Waals surface area contributed by atoms with Gasteiger partial charge in [-0.3, -0.25) is 24.5 Å². The fourth-order valence-corrected chi connectivity index (χ4v) is 5.93. The van der Waals surface area contributed by atoms with Crippen LogP contribution in [0.2, 0.25) is 0 Å². The zero-order valence-electron chi connectivity index (χ0n) is 37.8. The van der Waals surface area contributed by atoms with Gasteiger partial charge in [0, 0.05) is 64.7 Å². The minimum absolute atomic E-state index is 0. The minimum Gasteiger partial charge on any atom is -0.384 e. The molecule has 1 amide bonds. The Balaban J connectivity index is 0.000000829. The average Bonchev–Trinajstić information content (AvgIpc) is 4.05. The van der Waals surface area contributed by atoms with Crippen molar-refractivity contribution in [2.45, 2.75) is 86.9 Å². The molecule has 16 nitrogen and oxygen atoms in total. The van der Waals surface area contributed by atoms with Crippen LogP contribution in [0.4, 0.5) is 8.78 Å². The molecule has 0 saturated heterocycles. The number of Topliss-reactive ketones (excluding diaryl/α,β-unsaturated/α-hetero) is 1. The number of amides is 1. The average molecular weight is 1130 g/mol. The summed E-state index contributed by atoms with van der Waals surface area (Å²) in [6.45, 7) is 17.6. The predicted octanol–water partition coefficient (Wildman–Crippen LogP) is 9.60. The summed E-state index contributed by atoms with van der Waals surface area (Å²) in [5.41, 5.74) is 7.23. The number of amidine groups is 1. The third-order valence-corrected chi connectivity index (χ3v) is 9.61. The van der Waals surface area contributed by atoms with Gasteiger partial charge < -0.3 is 5.73 Å². The molecule has 355 valence electrons. The van der Waals surface area contributed by atoms with E-state index in [1.807, 2.05) is 63.0 Å². The molecule has 6 rings (SSSR count). The molecule has 2 aromatic carbocycles. The summed E-state index contributed by atoms with van der Waals surface area (Å²) in [5.74, 6) is 1.71. The number of allylic oxidation sites excluding steroid dienone is 1. The van der Waals surface area contributed by atoms with Crippen LogP contribution in [0.5, 0.6) is 0 Å². The third kappa shape index (κ3) is 19.5. The number of nitrogen functional groups attached to an aromatic ring is 1. The van der Waals surface area contributed by atoms with Crippen LogP contribution in [0.3, 0.4) is 0 Å². The number of aromatic nitrogens is 9. The van der Waals surface area contributed by atoms with Gasteiger partial charge in [-0.25, -0.2) is 43.2 Å². The number of halogens is 7. The molecule has 24 heteroatoms.